The second kappa shape index (κ2) is 4.61. The Balaban J connectivity index is 2.51. The van der Waals surface area contributed by atoms with Crippen LogP contribution < -0.4 is 16.4 Å². The van der Waals surface area contributed by atoms with Gasteiger partial charge in [-0.05, 0) is 19.8 Å². The first-order valence-corrected chi connectivity index (χ1v) is 5.28. The van der Waals surface area contributed by atoms with Crippen molar-refractivity contribution in [1.29, 1.82) is 0 Å². The molecule has 0 heterocycles. The first-order chi connectivity index (χ1) is 7.05. The average Bonchev–Trinajstić information content (AvgIpc) is 2.15. The fourth-order valence-electron chi connectivity index (χ4n) is 1.76. The van der Waals surface area contributed by atoms with Crippen molar-refractivity contribution in [1.82, 2.24) is 10.6 Å². The quantitative estimate of drug-likeness (QED) is 0.581. The SMILES string of the molecule is CNC(=O)C(C)NC(=O)C1(CN)CCC1. The van der Waals surface area contributed by atoms with E-state index in [2.05, 4.69) is 10.6 Å². The summed E-state index contributed by atoms with van der Waals surface area (Å²) in [4.78, 5) is 23.0. The second-order valence-electron chi connectivity index (χ2n) is 4.15. The fraction of sp³-hybridized carbons (Fsp3) is 0.800. The summed E-state index contributed by atoms with van der Waals surface area (Å²) in [5.74, 6) is -0.276. The van der Waals surface area contributed by atoms with Gasteiger partial charge >= 0.3 is 0 Å². The van der Waals surface area contributed by atoms with Crippen LogP contribution in [-0.2, 0) is 9.59 Å². The van der Waals surface area contributed by atoms with Gasteiger partial charge in [0, 0.05) is 13.6 Å². The van der Waals surface area contributed by atoms with Gasteiger partial charge in [-0.25, -0.2) is 0 Å². The van der Waals surface area contributed by atoms with Gasteiger partial charge in [0.25, 0.3) is 0 Å². The van der Waals surface area contributed by atoms with E-state index in [1.807, 2.05) is 0 Å². The van der Waals surface area contributed by atoms with E-state index in [-0.39, 0.29) is 11.8 Å². The molecule has 86 valence electrons. The van der Waals surface area contributed by atoms with Crippen LogP contribution in [0.2, 0.25) is 0 Å². The zero-order valence-corrected chi connectivity index (χ0v) is 9.30. The lowest BCUT2D eigenvalue weighted by Crippen LogP contribution is -2.54. The van der Waals surface area contributed by atoms with Gasteiger partial charge in [0.15, 0.2) is 0 Å². The van der Waals surface area contributed by atoms with Gasteiger partial charge in [-0.3, -0.25) is 9.59 Å². The lowest BCUT2D eigenvalue weighted by molar-refractivity contribution is -0.138. The van der Waals surface area contributed by atoms with Crippen molar-refractivity contribution in [3.8, 4) is 0 Å². The zero-order valence-electron chi connectivity index (χ0n) is 9.30. The van der Waals surface area contributed by atoms with Gasteiger partial charge in [0.1, 0.15) is 6.04 Å². The molecule has 0 radical (unpaired) electrons. The molecule has 15 heavy (non-hydrogen) atoms. The summed E-state index contributed by atoms with van der Waals surface area (Å²) in [5, 5.41) is 5.18. The molecule has 1 aliphatic carbocycles. The highest BCUT2D eigenvalue weighted by Crippen LogP contribution is 2.40. The third-order valence-electron chi connectivity index (χ3n) is 3.17. The fourth-order valence-corrected chi connectivity index (χ4v) is 1.76. The van der Waals surface area contributed by atoms with Crippen molar-refractivity contribution in [2.24, 2.45) is 11.1 Å². The number of amides is 2. The van der Waals surface area contributed by atoms with E-state index in [9.17, 15) is 9.59 Å². The number of nitrogens with one attached hydrogen (secondary N) is 2. The van der Waals surface area contributed by atoms with Crippen molar-refractivity contribution in [2.45, 2.75) is 32.2 Å². The molecule has 2 amide bonds. The minimum atomic E-state index is -0.494. The van der Waals surface area contributed by atoms with Gasteiger partial charge in [-0.15, -0.1) is 0 Å². The first-order valence-electron chi connectivity index (χ1n) is 5.28. The highest BCUT2D eigenvalue weighted by molar-refractivity contribution is 5.90. The Morgan fingerprint density at radius 3 is 2.40 bits per heavy atom. The number of hydrogen-bond donors (Lipinski definition) is 3. The van der Waals surface area contributed by atoms with Crippen LogP contribution in [0.1, 0.15) is 26.2 Å². The van der Waals surface area contributed by atoms with E-state index in [1.54, 1.807) is 14.0 Å². The predicted molar refractivity (Wildman–Crippen MR) is 57.0 cm³/mol. The van der Waals surface area contributed by atoms with Crippen molar-refractivity contribution in [3.63, 3.8) is 0 Å². The molecule has 0 aromatic rings. The van der Waals surface area contributed by atoms with E-state index < -0.39 is 11.5 Å². The van der Waals surface area contributed by atoms with E-state index in [0.717, 1.165) is 19.3 Å². The maximum absolute atomic E-state index is 11.8. The molecule has 0 aliphatic heterocycles. The standard InChI is InChI=1S/C10H19N3O2/c1-7(8(14)12-2)13-9(15)10(6-11)4-3-5-10/h7H,3-6,11H2,1-2H3,(H,12,14)(H,13,15). The van der Waals surface area contributed by atoms with Crippen LogP contribution in [0.25, 0.3) is 0 Å². The Bertz CT molecular complexity index is 256. The molecule has 1 atom stereocenters. The molecule has 5 nitrogen and oxygen atoms in total. The molecule has 1 fully saturated rings. The highest BCUT2D eigenvalue weighted by atomic mass is 16.2. The Morgan fingerprint density at radius 2 is 2.07 bits per heavy atom. The van der Waals surface area contributed by atoms with Crippen molar-refractivity contribution in [2.75, 3.05) is 13.6 Å². The van der Waals surface area contributed by atoms with Crippen molar-refractivity contribution < 1.29 is 9.59 Å². The highest BCUT2D eigenvalue weighted by Gasteiger charge is 2.43. The molecular formula is C10H19N3O2. The predicted octanol–water partition coefficient (Wildman–Crippen LogP) is -0.634. The average molecular weight is 213 g/mol. The summed E-state index contributed by atoms with van der Waals surface area (Å²) in [7, 11) is 1.55. The Labute approximate surface area is 89.8 Å². The number of hydrogen-bond acceptors (Lipinski definition) is 3. The molecule has 5 heteroatoms. The lowest BCUT2D eigenvalue weighted by atomic mass is 9.68. The summed E-state index contributed by atoms with van der Waals surface area (Å²) in [6, 6.07) is -0.494. The molecule has 0 spiro atoms. The number of likely N-dealkylation sites (N-methyl/N-ethyl adjacent to an activating group) is 1. The van der Waals surface area contributed by atoms with E-state index in [0.29, 0.717) is 6.54 Å². The summed E-state index contributed by atoms with van der Waals surface area (Å²) in [6.07, 6.45) is 2.70. The molecule has 1 unspecified atom stereocenters. The van der Waals surface area contributed by atoms with Crippen molar-refractivity contribution in [3.05, 3.63) is 0 Å². The molecule has 0 aromatic heterocycles. The summed E-state index contributed by atoms with van der Waals surface area (Å²) in [6.45, 7) is 2.03. The van der Waals surface area contributed by atoms with Gasteiger partial charge in [0.2, 0.25) is 11.8 Å². The van der Waals surface area contributed by atoms with E-state index in [4.69, 9.17) is 5.73 Å². The zero-order chi connectivity index (χ0) is 11.5. The molecule has 1 rings (SSSR count). The second-order valence-corrected chi connectivity index (χ2v) is 4.15. The third kappa shape index (κ3) is 2.28. The molecule has 1 aliphatic rings. The van der Waals surface area contributed by atoms with Gasteiger partial charge < -0.3 is 16.4 Å². The van der Waals surface area contributed by atoms with E-state index in [1.165, 1.54) is 0 Å². The van der Waals surface area contributed by atoms with Crippen LogP contribution in [-0.4, -0.2) is 31.4 Å². The molecule has 0 saturated heterocycles. The minimum absolute atomic E-state index is 0.0904. The Morgan fingerprint density at radius 1 is 1.47 bits per heavy atom. The molecule has 4 N–H and O–H groups in total. The Hall–Kier alpha value is -1.10. The monoisotopic (exact) mass is 213 g/mol. The summed E-state index contributed by atoms with van der Waals surface area (Å²) >= 11 is 0. The van der Waals surface area contributed by atoms with E-state index >= 15 is 0 Å². The van der Waals surface area contributed by atoms with Crippen LogP contribution in [0.5, 0.6) is 0 Å². The van der Waals surface area contributed by atoms with Gasteiger partial charge in [-0.2, -0.15) is 0 Å². The van der Waals surface area contributed by atoms with Crippen LogP contribution in [0.4, 0.5) is 0 Å². The lowest BCUT2D eigenvalue weighted by Gasteiger charge is -2.39. The number of carbonyl (C=O) groups excluding carboxylic acids is 2. The third-order valence-corrected chi connectivity index (χ3v) is 3.17. The number of nitrogens with two attached hydrogens (primary N) is 1. The topological polar surface area (TPSA) is 84.2 Å². The number of rotatable bonds is 4. The Kier molecular flexibility index (Phi) is 3.68. The number of carbonyl (C=O) groups is 2. The summed E-state index contributed by atoms with van der Waals surface area (Å²) in [5.41, 5.74) is 5.18. The summed E-state index contributed by atoms with van der Waals surface area (Å²) < 4.78 is 0. The van der Waals surface area contributed by atoms with Crippen LogP contribution in [0, 0.1) is 5.41 Å². The largest absolute Gasteiger partial charge is 0.357 e. The van der Waals surface area contributed by atoms with Crippen LogP contribution in [0.15, 0.2) is 0 Å². The molecule has 0 aromatic carbocycles. The normalized spacial score (nSPS) is 19.9. The van der Waals surface area contributed by atoms with Crippen LogP contribution >= 0.6 is 0 Å². The molecular weight excluding hydrogens is 194 g/mol. The van der Waals surface area contributed by atoms with Gasteiger partial charge in [-0.1, -0.05) is 6.42 Å². The maximum atomic E-state index is 11.8. The van der Waals surface area contributed by atoms with Crippen LogP contribution in [0.3, 0.4) is 0 Å². The smallest absolute Gasteiger partial charge is 0.242 e. The van der Waals surface area contributed by atoms with Gasteiger partial charge in [0.05, 0.1) is 5.41 Å². The van der Waals surface area contributed by atoms with Crippen molar-refractivity contribution >= 4 is 11.8 Å². The molecule has 0 bridgehead atoms. The minimum Gasteiger partial charge on any atom is -0.357 e. The maximum Gasteiger partial charge on any atom is 0.242 e. The first kappa shape index (κ1) is 12.0. The molecule has 1 saturated carbocycles.